The van der Waals surface area contributed by atoms with E-state index in [4.69, 9.17) is 4.74 Å². The monoisotopic (exact) mass is 326 g/mol. The first kappa shape index (κ1) is 17.5. The summed E-state index contributed by atoms with van der Waals surface area (Å²) in [5.74, 6) is -0.585. The van der Waals surface area contributed by atoms with Crippen molar-refractivity contribution < 1.29 is 14.3 Å². The second kappa shape index (κ2) is 8.15. The van der Waals surface area contributed by atoms with Crippen LogP contribution in [0.5, 0.6) is 0 Å². The van der Waals surface area contributed by atoms with Gasteiger partial charge >= 0.3 is 5.97 Å². The van der Waals surface area contributed by atoms with Gasteiger partial charge in [-0.3, -0.25) is 4.79 Å². The summed E-state index contributed by atoms with van der Waals surface area (Å²) in [6.07, 6.45) is 0. The quantitative estimate of drug-likeness (QED) is 0.797. The molecule has 1 amide bonds. The highest BCUT2D eigenvalue weighted by atomic mass is 16.5. The number of benzene rings is 2. The van der Waals surface area contributed by atoms with Crippen LogP contribution < -0.4 is 10.6 Å². The third-order valence-corrected chi connectivity index (χ3v) is 3.74. The molecule has 5 nitrogen and oxygen atoms in total. The molecule has 0 saturated heterocycles. The fourth-order valence-corrected chi connectivity index (χ4v) is 2.28. The molecule has 0 radical (unpaired) electrons. The molecule has 2 aromatic carbocycles. The number of amides is 1. The van der Waals surface area contributed by atoms with Crippen LogP contribution in [0.3, 0.4) is 0 Å². The van der Waals surface area contributed by atoms with E-state index in [1.54, 1.807) is 31.2 Å². The molecule has 2 aromatic rings. The van der Waals surface area contributed by atoms with Crippen molar-refractivity contribution in [3.63, 3.8) is 0 Å². The van der Waals surface area contributed by atoms with E-state index in [0.717, 1.165) is 16.8 Å². The van der Waals surface area contributed by atoms with Crippen LogP contribution in [0.4, 0.5) is 11.4 Å². The molecule has 0 heterocycles. The van der Waals surface area contributed by atoms with Crippen LogP contribution >= 0.6 is 0 Å². The Bertz CT molecular complexity index is 741. The molecule has 0 saturated carbocycles. The summed E-state index contributed by atoms with van der Waals surface area (Å²) in [5, 5.41) is 5.87. The smallest absolute Gasteiger partial charge is 0.340 e. The maximum absolute atomic E-state index is 12.2. The maximum Gasteiger partial charge on any atom is 0.340 e. The molecule has 0 aliphatic heterocycles. The number of ether oxygens (including phenoxy) is 1. The summed E-state index contributed by atoms with van der Waals surface area (Å²) in [4.78, 5) is 24.1. The van der Waals surface area contributed by atoms with Gasteiger partial charge in [-0.15, -0.1) is 0 Å². The Morgan fingerprint density at radius 3 is 2.46 bits per heavy atom. The van der Waals surface area contributed by atoms with Crippen molar-refractivity contribution in [1.82, 2.24) is 0 Å². The van der Waals surface area contributed by atoms with Crippen LogP contribution in [0, 0.1) is 13.8 Å². The molecule has 0 aliphatic rings. The lowest BCUT2D eigenvalue weighted by molar-refractivity contribution is -0.114. The molecule has 2 N–H and O–H groups in total. The zero-order valence-electron chi connectivity index (χ0n) is 14.2. The van der Waals surface area contributed by atoms with Crippen molar-refractivity contribution in [2.45, 2.75) is 20.8 Å². The molecular formula is C19H22N2O3. The highest BCUT2D eigenvalue weighted by Crippen LogP contribution is 2.18. The van der Waals surface area contributed by atoms with Crippen molar-refractivity contribution in [2.75, 3.05) is 23.8 Å². The largest absolute Gasteiger partial charge is 0.462 e. The first-order valence-corrected chi connectivity index (χ1v) is 7.89. The molecule has 0 aromatic heterocycles. The highest BCUT2D eigenvalue weighted by Gasteiger charge is 2.13. The van der Waals surface area contributed by atoms with Gasteiger partial charge in [0.2, 0.25) is 5.91 Å². The number of anilines is 2. The molecule has 0 unspecified atom stereocenters. The molecule has 0 atom stereocenters. The van der Waals surface area contributed by atoms with Crippen molar-refractivity contribution in [2.24, 2.45) is 0 Å². The average molecular weight is 326 g/mol. The molecule has 24 heavy (non-hydrogen) atoms. The fourth-order valence-electron chi connectivity index (χ4n) is 2.28. The predicted molar refractivity (Wildman–Crippen MR) is 95.4 cm³/mol. The Hall–Kier alpha value is -2.82. The molecule has 0 aliphatic carbocycles. The van der Waals surface area contributed by atoms with E-state index >= 15 is 0 Å². The van der Waals surface area contributed by atoms with Gasteiger partial charge in [-0.05, 0) is 50.1 Å². The SMILES string of the molecule is CCOC(=O)c1ccccc1NCC(=O)Nc1cccc(C)c1C. The van der Waals surface area contributed by atoms with Gasteiger partial charge in [-0.25, -0.2) is 4.79 Å². The van der Waals surface area contributed by atoms with Crippen molar-refractivity contribution in [3.05, 3.63) is 59.2 Å². The van der Waals surface area contributed by atoms with E-state index in [0.29, 0.717) is 17.9 Å². The van der Waals surface area contributed by atoms with Gasteiger partial charge in [0, 0.05) is 11.4 Å². The number of rotatable bonds is 6. The minimum Gasteiger partial charge on any atom is -0.462 e. The Morgan fingerprint density at radius 2 is 1.71 bits per heavy atom. The van der Waals surface area contributed by atoms with Crippen LogP contribution in [-0.4, -0.2) is 25.0 Å². The van der Waals surface area contributed by atoms with Crippen LogP contribution in [0.15, 0.2) is 42.5 Å². The normalized spacial score (nSPS) is 10.1. The molecule has 5 heteroatoms. The number of para-hydroxylation sites is 1. The lowest BCUT2D eigenvalue weighted by atomic mass is 10.1. The predicted octanol–water partition coefficient (Wildman–Crippen LogP) is 3.53. The highest BCUT2D eigenvalue weighted by molar-refractivity contribution is 5.98. The van der Waals surface area contributed by atoms with Crippen LogP contribution in [0.1, 0.15) is 28.4 Å². The number of hydrogen-bond donors (Lipinski definition) is 2. The third-order valence-electron chi connectivity index (χ3n) is 3.74. The van der Waals surface area contributed by atoms with E-state index in [9.17, 15) is 9.59 Å². The van der Waals surface area contributed by atoms with Gasteiger partial charge in [-0.1, -0.05) is 24.3 Å². The van der Waals surface area contributed by atoms with Gasteiger partial charge < -0.3 is 15.4 Å². The lowest BCUT2D eigenvalue weighted by Gasteiger charge is -2.13. The number of nitrogens with one attached hydrogen (secondary N) is 2. The van der Waals surface area contributed by atoms with E-state index in [2.05, 4.69) is 10.6 Å². The topological polar surface area (TPSA) is 67.4 Å². The van der Waals surface area contributed by atoms with Gasteiger partial charge in [-0.2, -0.15) is 0 Å². The zero-order chi connectivity index (χ0) is 17.5. The zero-order valence-corrected chi connectivity index (χ0v) is 14.2. The molecule has 0 bridgehead atoms. The van der Waals surface area contributed by atoms with E-state index in [-0.39, 0.29) is 12.5 Å². The minimum atomic E-state index is -0.407. The van der Waals surface area contributed by atoms with Crippen LogP contribution in [0.2, 0.25) is 0 Å². The van der Waals surface area contributed by atoms with Gasteiger partial charge in [0.1, 0.15) is 0 Å². The number of carbonyl (C=O) groups excluding carboxylic acids is 2. The van der Waals surface area contributed by atoms with E-state index in [1.165, 1.54) is 0 Å². The Morgan fingerprint density at radius 1 is 1.00 bits per heavy atom. The summed E-state index contributed by atoms with van der Waals surface area (Å²) < 4.78 is 5.02. The second-order valence-electron chi connectivity index (χ2n) is 5.42. The second-order valence-corrected chi connectivity index (χ2v) is 5.42. The Balaban J connectivity index is 2.02. The average Bonchev–Trinajstić information content (AvgIpc) is 2.57. The molecule has 0 fully saturated rings. The standard InChI is InChI=1S/C19H22N2O3/c1-4-24-19(23)15-9-5-6-10-17(15)20-12-18(22)21-16-11-7-8-13(2)14(16)3/h5-11,20H,4,12H2,1-3H3,(H,21,22). The molecule has 2 rings (SSSR count). The number of hydrogen-bond acceptors (Lipinski definition) is 4. The first-order valence-electron chi connectivity index (χ1n) is 7.89. The van der Waals surface area contributed by atoms with Crippen molar-refractivity contribution >= 4 is 23.3 Å². The van der Waals surface area contributed by atoms with Crippen molar-refractivity contribution in [3.8, 4) is 0 Å². The summed E-state index contributed by atoms with van der Waals surface area (Å²) in [5.41, 5.74) is 3.94. The molecular weight excluding hydrogens is 304 g/mol. The summed E-state index contributed by atoms with van der Waals surface area (Å²) in [6.45, 7) is 6.09. The number of aryl methyl sites for hydroxylation is 1. The van der Waals surface area contributed by atoms with E-state index < -0.39 is 5.97 Å². The van der Waals surface area contributed by atoms with Gasteiger partial charge in [0.25, 0.3) is 0 Å². The van der Waals surface area contributed by atoms with E-state index in [1.807, 2.05) is 32.0 Å². The van der Waals surface area contributed by atoms with Crippen molar-refractivity contribution in [1.29, 1.82) is 0 Å². The Labute approximate surface area is 142 Å². The van der Waals surface area contributed by atoms with Crippen LogP contribution in [0.25, 0.3) is 0 Å². The van der Waals surface area contributed by atoms with Crippen LogP contribution in [-0.2, 0) is 9.53 Å². The van der Waals surface area contributed by atoms with Gasteiger partial charge in [0.15, 0.2) is 0 Å². The third kappa shape index (κ3) is 4.35. The minimum absolute atomic E-state index is 0.0593. The number of carbonyl (C=O) groups is 2. The maximum atomic E-state index is 12.2. The first-order chi connectivity index (χ1) is 11.5. The fraction of sp³-hybridized carbons (Fsp3) is 0.263. The summed E-state index contributed by atoms with van der Waals surface area (Å²) in [6, 6.07) is 12.7. The molecule has 0 spiro atoms. The lowest BCUT2D eigenvalue weighted by Crippen LogP contribution is -2.23. The van der Waals surface area contributed by atoms with Gasteiger partial charge in [0.05, 0.1) is 18.7 Å². The summed E-state index contributed by atoms with van der Waals surface area (Å²) >= 11 is 0. The number of esters is 1. The Kier molecular flexibility index (Phi) is 5.95. The summed E-state index contributed by atoms with van der Waals surface area (Å²) in [7, 11) is 0. The molecule has 126 valence electrons.